The summed E-state index contributed by atoms with van der Waals surface area (Å²) in [4.78, 5) is 28.7. The Balaban J connectivity index is 1.95. The molecule has 0 saturated carbocycles. The van der Waals surface area contributed by atoms with E-state index in [-0.39, 0.29) is 5.78 Å². The lowest BCUT2D eigenvalue weighted by Crippen LogP contribution is -2.45. The maximum Gasteiger partial charge on any atom is 0.303 e. The van der Waals surface area contributed by atoms with E-state index in [2.05, 4.69) is 9.88 Å². The van der Waals surface area contributed by atoms with E-state index in [1.165, 1.54) is 6.92 Å². The van der Waals surface area contributed by atoms with Gasteiger partial charge >= 0.3 is 5.97 Å². The predicted octanol–water partition coefficient (Wildman–Crippen LogP) is 0.788. The molecule has 2 heterocycles. The molecule has 2 rings (SSSR count). The van der Waals surface area contributed by atoms with E-state index in [0.717, 1.165) is 12.1 Å². The maximum absolute atomic E-state index is 11.6. The second-order valence-corrected chi connectivity index (χ2v) is 4.41. The highest BCUT2D eigenvalue weighted by Gasteiger charge is 2.29. The van der Waals surface area contributed by atoms with Gasteiger partial charge in [-0.05, 0) is 11.6 Å². The summed E-state index contributed by atoms with van der Waals surface area (Å²) < 4.78 is 5.03. The lowest BCUT2D eigenvalue weighted by Gasteiger charge is -2.30. The van der Waals surface area contributed by atoms with E-state index < -0.39 is 12.1 Å². The average molecular weight is 248 g/mol. The zero-order valence-corrected chi connectivity index (χ0v) is 10.3. The van der Waals surface area contributed by atoms with Gasteiger partial charge in [0.05, 0.1) is 0 Å². The van der Waals surface area contributed by atoms with Gasteiger partial charge in [0.15, 0.2) is 11.9 Å². The van der Waals surface area contributed by atoms with Crippen molar-refractivity contribution in [1.82, 2.24) is 9.88 Å². The summed E-state index contributed by atoms with van der Waals surface area (Å²) >= 11 is 0. The van der Waals surface area contributed by atoms with Crippen LogP contribution < -0.4 is 0 Å². The fourth-order valence-electron chi connectivity index (χ4n) is 2.05. The number of esters is 1. The van der Waals surface area contributed by atoms with Gasteiger partial charge in [0.25, 0.3) is 0 Å². The minimum atomic E-state index is -0.618. The molecule has 1 aliphatic heterocycles. The third-order valence-electron chi connectivity index (χ3n) is 2.89. The Morgan fingerprint density at radius 3 is 3.11 bits per heavy atom. The molecule has 0 aromatic carbocycles. The van der Waals surface area contributed by atoms with Crippen molar-refractivity contribution in [1.29, 1.82) is 0 Å². The molecule has 18 heavy (non-hydrogen) atoms. The van der Waals surface area contributed by atoms with E-state index in [9.17, 15) is 9.59 Å². The SMILES string of the molecule is CC(=O)OC1CN(Cc2cccnc2)CCC1=O. The van der Waals surface area contributed by atoms with Gasteiger partial charge in [0.1, 0.15) is 0 Å². The molecule has 0 radical (unpaired) electrons. The van der Waals surface area contributed by atoms with Gasteiger partial charge in [0, 0.05) is 45.4 Å². The van der Waals surface area contributed by atoms with Crippen molar-refractivity contribution in [3.63, 3.8) is 0 Å². The molecule has 0 bridgehead atoms. The number of pyridine rings is 1. The van der Waals surface area contributed by atoms with Gasteiger partial charge in [-0.15, -0.1) is 0 Å². The number of Topliss-reactive ketones (excluding diaryl/α,β-unsaturated/α-hetero) is 1. The molecule has 0 aliphatic carbocycles. The first-order chi connectivity index (χ1) is 8.65. The summed E-state index contributed by atoms with van der Waals surface area (Å²) in [5.74, 6) is -0.399. The van der Waals surface area contributed by atoms with Crippen LogP contribution in [0.5, 0.6) is 0 Å². The van der Waals surface area contributed by atoms with Crippen LogP contribution in [-0.2, 0) is 20.9 Å². The minimum Gasteiger partial charge on any atom is -0.453 e. The van der Waals surface area contributed by atoms with E-state index in [1.54, 1.807) is 12.4 Å². The van der Waals surface area contributed by atoms with Crippen LogP contribution in [0.2, 0.25) is 0 Å². The topological polar surface area (TPSA) is 59.5 Å². The van der Waals surface area contributed by atoms with Gasteiger partial charge in [-0.1, -0.05) is 6.07 Å². The van der Waals surface area contributed by atoms with Gasteiger partial charge in [-0.3, -0.25) is 19.5 Å². The fraction of sp³-hybridized carbons (Fsp3) is 0.462. The third-order valence-corrected chi connectivity index (χ3v) is 2.89. The van der Waals surface area contributed by atoms with Crippen LogP contribution >= 0.6 is 0 Å². The summed E-state index contributed by atoms with van der Waals surface area (Å²) in [6, 6.07) is 3.87. The van der Waals surface area contributed by atoms with Gasteiger partial charge in [-0.2, -0.15) is 0 Å². The highest BCUT2D eigenvalue weighted by atomic mass is 16.5. The molecule has 5 heteroatoms. The second kappa shape index (κ2) is 5.73. The molecule has 0 N–H and O–H groups in total. The highest BCUT2D eigenvalue weighted by Crippen LogP contribution is 2.13. The molecule has 1 unspecified atom stereocenters. The summed E-state index contributed by atoms with van der Waals surface area (Å²) in [7, 11) is 0. The molecule has 1 fully saturated rings. The molecule has 5 nitrogen and oxygen atoms in total. The standard InChI is InChI=1S/C13H16N2O3/c1-10(16)18-13-9-15(6-4-12(13)17)8-11-3-2-5-14-7-11/h2-3,5,7,13H,4,6,8-9H2,1H3. The van der Waals surface area contributed by atoms with Crippen molar-refractivity contribution in [2.75, 3.05) is 13.1 Å². The van der Waals surface area contributed by atoms with Crippen molar-refractivity contribution in [2.24, 2.45) is 0 Å². The smallest absolute Gasteiger partial charge is 0.303 e. The van der Waals surface area contributed by atoms with E-state index in [1.807, 2.05) is 12.1 Å². The van der Waals surface area contributed by atoms with Crippen molar-refractivity contribution >= 4 is 11.8 Å². The van der Waals surface area contributed by atoms with E-state index in [4.69, 9.17) is 4.74 Å². The monoisotopic (exact) mass is 248 g/mol. The van der Waals surface area contributed by atoms with Crippen LogP contribution in [0, 0.1) is 0 Å². The second-order valence-electron chi connectivity index (χ2n) is 4.41. The normalized spacial score (nSPS) is 20.7. The molecular weight excluding hydrogens is 232 g/mol. The Bertz CT molecular complexity index is 433. The number of ether oxygens (including phenoxy) is 1. The first-order valence-electron chi connectivity index (χ1n) is 5.96. The average Bonchev–Trinajstić information content (AvgIpc) is 2.34. The Hall–Kier alpha value is -1.75. The van der Waals surface area contributed by atoms with Crippen molar-refractivity contribution in [2.45, 2.75) is 26.0 Å². The molecule has 1 saturated heterocycles. The highest BCUT2D eigenvalue weighted by molar-refractivity contribution is 5.86. The Morgan fingerprint density at radius 2 is 2.44 bits per heavy atom. The largest absolute Gasteiger partial charge is 0.453 e. The molecule has 96 valence electrons. The first kappa shape index (κ1) is 12.7. The van der Waals surface area contributed by atoms with Crippen LogP contribution in [0.15, 0.2) is 24.5 Å². The third kappa shape index (κ3) is 3.37. The summed E-state index contributed by atoms with van der Waals surface area (Å²) in [6.07, 6.45) is 3.34. The number of ketones is 1. The predicted molar refractivity (Wildman–Crippen MR) is 64.7 cm³/mol. The Labute approximate surface area is 106 Å². The van der Waals surface area contributed by atoms with Crippen LogP contribution in [0.4, 0.5) is 0 Å². The van der Waals surface area contributed by atoms with E-state index in [0.29, 0.717) is 19.5 Å². The van der Waals surface area contributed by atoms with Crippen molar-refractivity contribution < 1.29 is 14.3 Å². The zero-order valence-electron chi connectivity index (χ0n) is 10.3. The Morgan fingerprint density at radius 1 is 1.61 bits per heavy atom. The number of likely N-dealkylation sites (tertiary alicyclic amines) is 1. The molecule has 0 spiro atoms. The molecule has 1 atom stereocenters. The maximum atomic E-state index is 11.6. The van der Waals surface area contributed by atoms with Crippen molar-refractivity contribution in [3.8, 4) is 0 Å². The molecule has 0 amide bonds. The van der Waals surface area contributed by atoms with Gasteiger partial charge < -0.3 is 4.74 Å². The summed E-state index contributed by atoms with van der Waals surface area (Å²) in [5.41, 5.74) is 1.09. The Kier molecular flexibility index (Phi) is 4.04. The lowest BCUT2D eigenvalue weighted by molar-refractivity contribution is -0.156. The van der Waals surface area contributed by atoms with Crippen LogP contribution in [-0.4, -0.2) is 40.8 Å². The van der Waals surface area contributed by atoms with Crippen molar-refractivity contribution in [3.05, 3.63) is 30.1 Å². The van der Waals surface area contributed by atoms with Crippen LogP contribution in [0.1, 0.15) is 18.9 Å². The van der Waals surface area contributed by atoms with Gasteiger partial charge in [-0.25, -0.2) is 0 Å². The fourth-order valence-corrected chi connectivity index (χ4v) is 2.05. The van der Waals surface area contributed by atoms with Crippen LogP contribution in [0.25, 0.3) is 0 Å². The number of rotatable bonds is 3. The summed E-state index contributed by atoms with van der Waals surface area (Å²) in [5, 5.41) is 0. The number of hydrogen-bond donors (Lipinski definition) is 0. The molecular formula is C13H16N2O3. The quantitative estimate of drug-likeness (QED) is 0.740. The number of nitrogens with zero attached hydrogens (tertiary/aromatic N) is 2. The number of piperidine rings is 1. The number of carbonyl (C=O) groups excluding carboxylic acids is 2. The summed E-state index contributed by atoms with van der Waals surface area (Å²) in [6.45, 7) is 3.21. The minimum absolute atomic E-state index is 0.00707. The first-order valence-corrected chi connectivity index (χ1v) is 5.96. The molecule has 1 aromatic heterocycles. The molecule has 1 aliphatic rings. The number of carbonyl (C=O) groups is 2. The lowest BCUT2D eigenvalue weighted by atomic mass is 10.1. The number of hydrogen-bond acceptors (Lipinski definition) is 5. The zero-order chi connectivity index (χ0) is 13.0. The number of aromatic nitrogens is 1. The molecule has 1 aromatic rings. The van der Waals surface area contributed by atoms with Crippen LogP contribution in [0.3, 0.4) is 0 Å². The van der Waals surface area contributed by atoms with Gasteiger partial charge in [0.2, 0.25) is 0 Å². The van der Waals surface area contributed by atoms with E-state index >= 15 is 0 Å².